The highest BCUT2D eigenvalue weighted by Gasteiger charge is 2.17. The molecule has 0 aliphatic heterocycles. The Hall–Kier alpha value is -1.78. The van der Waals surface area contributed by atoms with Gasteiger partial charge in [-0.3, -0.25) is 0 Å². The van der Waals surface area contributed by atoms with Crippen molar-refractivity contribution >= 4 is 34.1 Å². The smallest absolute Gasteiger partial charge is 0.167 e. The molecule has 3 rings (SSSR count). The first-order valence-electron chi connectivity index (χ1n) is 6.06. The number of halogens is 4. The zero-order valence-corrected chi connectivity index (χ0v) is 12.3. The van der Waals surface area contributed by atoms with E-state index in [0.29, 0.717) is 21.5 Å². The van der Waals surface area contributed by atoms with Crippen LogP contribution in [0.15, 0.2) is 30.3 Å². The van der Waals surface area contributed by atoms with Crippen LogP contribution in [0.25, 0.3) is 22.3 Å². The molecule has 2 aromatic carbocycles. The summed E-state index contributed by atoms with van der Waals surface area (Å²) < 4.78 is 27.7. The molecular formula is C15H8Cl2F2N2. The van der Waals surface area contributed by atoms with Crippen LogP contribution in [0.3, 0.4) is 0 Å². The van der Waals surface area contributed by atoms with E-state index in [2.05, 4.69) is 9.97 Å². The largest absolute Gasteiger partial charge is 0.227 e. The highest BCUT2D eigenvalue weighted by Crippen LogP contribution is 2.31. The zero-order valence-electron chi connectivity index (χ0n) is 10.8. The van der Waals surface area contributed by atoms with Gasteiger partial charge in [-0.15, -0.1) is 0 Å². The second-order valence-electron chi connectivity index (χ2n) is 4.50. The normalized spacial score (nSPS) is 11.1. The third-order valence-electron chi connectivity index (χ3n) is 3.20. The Morgan fingerprint density at radius 2 is 1.62 bits per heavy atom. The Kier molecular flexibility index (Phi) is 3.51. The molecule has 0 saturated carbocycles. The van der Waals surface area contributed by atoms with Crippen molar-refractivity contribution in [3.8, 4) is 11.4 Å². The molecule has 0 N–H and O–H groups in total. The topological polar surface area (TPSA) is 25.8 Å². The van der Waals surface area contributed by atoms with E-state index in [1.54, 1.807) is 19.1 Å². The third-order valence-corrected chi connectivity index (χ3v) is 3.89. The predicted molar refractivity (Wildman–Crippen MR) is 79.6 cm³/mol. The van der Waals surface area contributed by atoms with E-state index in [4.69, 9.17) is 23.2 Å². The predicted octanol–water partition coefficient (Wildman–Crippen LogP) is 5.19. The zero-order chi connectivity index (χ0) is 15.1. The van der Waals surface area contributed by atoms with Crippen molar-refractivity contribution in [3.63, 3.8) is 0 Å². The second kappa shape index (κ2) is 5.20. The fourth-order valence-electron chi connectivity index (χ4n) is 2.09. The summed E-state index contributed by atoms with van der Waals surface area (Å²) >= 11 is 12.2. The molecule has 0 saturated heterocycles. The molecule has 0 spiro atoms. The van der Waals surface area contributed by atoms with Crippen LogP contribution in [0.4, 0.5) is 8.78 Å². The fourth-order valence-corrected chi connectivity index (χ4v) is 2.48. The first kappa shape index (κ1) is 14.2. The van der Waals surface area contributed by atoms with Gasteiger partial charge in [0.2, 0.25) is 0 Å². The van der Waals surface area contributed by atoms with Crippen LogP contribution in [0.2, 0.25) is 10.2 Å². The number of aryl methyl sites for hydroxylation is 1. The lowest BCUT2D eigenvalue weighted by Crippen LogP contribution is -1.98. The van der Waals surface area contributed by atoms with Crippen LogP contribution in [-0.4, -0.2) is 9.97 Å². The van der Waals surface area contributed by atoms with Crippen LogP contribution < -0.4 is 0 Å². The minimum absolute atomic E-state index is 0.103. The van der Waals surface area contributed by atoms with Crippen molar-refractivity contribution < 1.29 is 8.78 Å². The monoisotopic (exact) mass is 324 g/mol. The van der Waals surface area contributed by atoms with Crippen LogP contribution in [0.1, 0.15) is 5.56 Å². The molecule has 0 amide bonds. The Labute approximate surface area is 129 Å². The average Bonchev–Trinajstić information content (AvgIpc) is 2.43. The number of hydrogen-bond acceptors (Lipinski definition) is 2. The molecule has 2 nitrogen and oxygen atoms in total. The summed E-state index contributed by atoms with van der Waals surface area (Å²) in [6, 6.07) is 6.92. The molecule has 0 radical (unpaired) electrons. The van der Waals surface area contributed by atoms with Crippen molar-refractivity contribution in [3.05, 3.63) is 57.7 Å². The van der Waals surface area contributed by atoms with Gasteiger partial charge in [0.05, 0.1) is 11.1 Å². The van der Waals surface area contributed by atoms with E-state index in [1.165, 1.54) is 6.07 Å². The summed E-state index contributed by atoms with van der Waals surface area (Å²) in [4.78, 5) is 8.22. The van der Waals surface area contributed by atoms with Gasteiger partial charge in [0.1, 0.15) is 16.8 Å². The number of benzene rings is 2. The van der Waals surface area contributed by atoms with Gasteiger partial charge in [0.15, 0.2) is 5.82 Å². The molecule has 0 fully saturated rings. The number of nitrogens with zero attached hydrogens (tertiary/aromatic N) is 2. The third kappa shape index (κ3) is 2.34. The number of hydrogen-bond donors (Lipinski definition) is 0. The second-order valence-corrected chi connectivity index (χ2v) is 5.27. The lowest BCUT2D eigenvalue weighted by atomic mass is 10.1. The van der Waals surface area contributed by atoms with Crippen LogP contribution in [-0.2, 0) is 0 Å². The van der Waals surface area contributed by atoms with Crippen molar-refractivity contribution in [1.29, 1.82) is 0 Å². The van der Waals surface area contributed by atoms with Gasteiger partial charge in [0.25, 0.3) is 0 Å². The lowest BCUT2D eigenvalue weighted by Gasteiger charge is -2.09. The maximum atomic E-state index is 13.9. The summed E-state index contributed by atoms with van der Waals surface area (Å²) in [6.07, 6.45) is 0. The Morgan fingerprint density at radius 3 is 2.29 bits per heavy atom. The SMILES string of the molecule is Cc1c(Cl)ccc2c(Cl)nc(-c3c(F)cccc3F)nc12. The van der Waals surface area contributed by atoms with Gasteiger partial charge >= 0.3 is 0 Å². The van der Waals surface area contributed by atoms with Crippen molar-refractivity contribution in [2.75, 3.05) is 0 Å². The maximum absolute atomic E-state index is 13.9. The van der Waals surface area contributed by atoms with Crippen LogP contribution in [0, 0.1) is 18.6 Å². The number of rotatable bonds is 1. The minimum Gasteiger partial charge on any atom is -0.227 e. The van der Waals surface area contributed by atoms with E-state index in [9.17, 15) is 8.78 Å². The quantitative estimate of drug-likeness (QED) is 0.575. The highest BCUT2D eigenvalue weighted by atomic mass is 35.5. The molecular weight excluding hydrogens is 317 g/mol. The standard InChI is InChI=1S/C15H8Cl2F2N2/c1-7-9(16)6-5-8-13(7)20-15(21-14(8)17)12-10(18)3-2-4-11(12)19/h2-6H,1H3. The first-order chi connectivity index (χ1) is 9.99. The van der Waals surface area contributed by atoms with Gasteiger partial charge in [-0.1, -0.05) is 29.3 Å². The Balaban J connectivity index is 2.38. The van der Waals surface area contributed by atoms with E-state index in [0.717, 1.165) is 12.1 Å². The lowest BCUT2D eigenvalue weighted by molar-refractivity contribution is 0.587. The van der Waals surface area contributed by atoms with Gasteiger partial charge in [-0.25, -0.2) is 18.7 Å². The molecule has 3 aromatic rings. The molecule has 1 aromatic heterocycles. The van der Waals surface area contributed by atoms with E-state index in [-0.39, 0.29) is 16.5 Å². The average molecular weight is 325 g/mol. The molecule has 6 heteroatoms. The van der Waals surface area contributed by atoms with Crippen LogP contribution in [0.5, 0.6) is 0 Å². The summed E-state index contributed by atoms with van der Waals surface area (Å²) in [7, 11) is 0. The molecule has 21 heavy (non-hydrogen) atoms. The van der Waals surface area contributed by atoms with Crippen LogP contribution >= 0.6 is 23.2 Å². The molecule has 0 unspecified atom stereocenters. The van der Waals surface area contributed by atoms with Gasteiger partial charge in [0, 0.05) is 10.4 Å². The molecule has 0 atom stereocenters. The Morgan fingerprint density at radius 1 is 0.952 bits per heavy atom. The highest BCUT2D eigenvalue weighted by molar-refractivity contribution is 6.35. The van der Waals surface area contributed by atoms with Gasteiger partial charge in [-0.05, 0) is 36.8 Å². The summed E-state index contributed by atoms with van der Waals surface area (Å²) in [5.41, 5.74) is 0.845. The van der Waals surface area contributed by atoms with Crippen molar-refractivity contribution in [1.82, 2.24) is 9.97 Å². The van der Waals surface area contributed by atoms with E-state index < -0.39 is 11.6 Å². The van der Waals surface area contributed by atoms with Gasteiger partial charge < -0.3 is 0 Å². The summed E-state index contributed by atoms with van der Waals surface area (Å²) in [5.74, 6) is -1.59. The first-order valence-corrected chi connectivity index (χ1v) is 6.81. The van der Waals surface area contributed by atoms with Crippen molar-refractivity contribution in [2.45, 2.75) is 6.92 Å². The number of aromatic nitrogens is 2. The summed E-state index contributed by atoms with van der Waals surface area (Å²) in [6.45, 7) is 1.76. The fraction of sp³-hybridized carbons (Fsp3) is 0.0667. The molecule has 0 aliphatic rings. The van der Waals surface area contributed by atoms with E-state index in [1.807, 2.05) is 0 Å². The molecule has 0 bridgehead atoms. The van der Waals surface area contributed by atoms with Crippen molar-refractivity contribution in [2.24, 2.45) is 0 Å². The summed E-state index contributed by atoms with van der Waals surface area (Å²) in [5, 5.41) is 1.20. The number of fused-ring (bicyclic) bond motifs is 1. The van der Waals surface area contributed by atoms with E-state index >= 15 is 0 Å². The minimum atomic E-state index is -0.745. The Bertz CT molecular complexity index is 846. The molecule has 106 valence electrons. The molecule has 0 aliphatic carbocycles. The maximum Gasteiger partial charge on any atom is 0.167 e. The molecule has 1 heterocycles. The van der Waals surface area contributed by atoms with Gasteiger partial charge in [-0.2, -0.15) is 0 Å².